The highest BCUT2D eigenvalue weighted by molar-refractivity contribution is 7.89. The summed E-state index contributed by atoms with van der Waals surface area (Å²) in [5.74, 6) is -0.569. The number of hydrogen-bond donors (Lipinski definition) is 3. The van der Waals surface area contributed by atoms with Gasteiger partial charge in [-0.2, -0.15) is 17.5 Å². The fourth-order valence-corrected chi connectivity index (χ4v) is 6.09. The van der Waals surface area contributed by atoms with Crippen LogP contribution in [0.3, 0.4) is 0 Å². The Bertz CT molecular complexity index is 952. The summed E-state index contributed by atoms with van der Waals surface area (Å²) in [4.78, 5) is 23.3. The van der Waals surface area contributed by atoms with Crippen LogP contribution in [0.5, 0.6) is 0 Å². The Kier molecular flexibility index (Phi) is 7.03. The largest absolute Gasteiger partial charge is 0.465 e. The van der Waals surface area contributed by atoms with E-state index in [1.165, 1.54) is 4.31 Å². The van der Waals surface area contributed by atoms with Crippen LogP contribution in [-0.2, 0) is 21.0 Å². The smallest absolute Gasteiger partial charge is 0.416 e. The first-order valence-corrected chi connectivity index (χ1v) is 11.8. The summed E-state index contributed by atoms with van der Waals surface area (Å²) < 4.78 is 65.4. The van der Waals surface area contributed by atoms with E-state index in [1.54, 1.807) is 0 Å². The maximum atomic E-state index is 13.0. The van der Waals surface area contributed by atoms with Gasteiger partial charge >= 0.3 is 12.3 Å². The fraction of sp³-hybridized carbons (Fsp3) is 0.600. The molecule has 1 saturated carbocycles. The highest BCUT2D eigenvalue weighted by atomic mass is 32.2. The van der Waals surface area contributed by atoms with Crippen molar-refractivity contribution in [2.45, 2.75) is 55.8 Å². The second-order valence-electron chi connectivity index (χ2n) is 8.25. The number of fused-ring (bicyclic) bond motifs is 1. The lowest BCUT2D eigenvalue weighted by atomic mass is 9.97. The number of halogens is 3. The number of alkyl halides is 3. The number of nitrogens with zero attached hydrogens (tertiary/aromatic N) is 1. The van der Waals surface area contributed by atoms with Crippen molar-refractivity contribution >= 4 is 22.0 Å². The minimum absolute atomic E-state index is 0.0154. The van der Waals surface area contributed by atoms with Gasteiger partial charge in [-0.25, -0.2) is 13.2 Å². The third kappa shape index (κ3) is 5.17. The molecular weight excluding hydrogens is 451 g/mol. The van der Waals surface area contributed by atoms with E-state index in [2.05, 4.69) is 10.6 Å². The van der Waals surface area contributed by atoms with Gasteiger partial charge in [0.2, 0.25) is 15.9 Å². The van der Waals surface area contributed by atoms with Crippen LogP contribution in [0.4, 0.5) is 18.0 Å². The molecule has 1 aliphatic heterocycles. The Balaban J connectivity index is 1.68. The van der Waals surface area contributed by atoms with Crippen LogP contribution >= 0.6 is 0 Å². The summed E-state index contributed by atoms with van der Waals surface area (Å²) in [7, 11) is -3.97. The number of sulfonamides is 1. The average Bonchev–Trinajstić information content (AvgIpc) is 3.29. The van der Waals surface area contributed by atoms with Crippen molar-refractivity contribution in [1.82, 2.24) is 14.9 Å². The molecule has 1 heterocycles. The zero-order chi connectivity index (χ0) is 23.7. The first-order valence-electron chi connectivity index (χ1n) is 10.4. The van der Waals surface area contributed by atoms with Gasteiger partial charge in [-0.05, 0) is 55.4 Å². The van der Waals surface area contributed by atoms with Crippen molar-refractivity contribution in [2.75, 3.05) is 13.1 Å². The summed E-state index contributed by atoms with van der Waals surface area (Å²) in [6.45, 7) is 2.20. The van der Waals surface area contributed by atoms with Crippen molar-refractivity contribution in [1.29, 1.82) is 0 Å². The van der Waals surface area contributed by atoms with Crippen molar-refractivity contribution < 1.29 is 36.3 Å². The number of nitrogens with one attached hydrogen (secondary N) is 2. The standard InChI is InChI=1S/C20H26F3N3O5S/c1-2-3-17(25-19(28)29)18(27)24-16-9-4-12-10-26(11-15(12)16)32(30,31)14-7-5-13(6-8-14)20(21,22)23/h5-8,12,15-17,25H,2-4,9-11H2,1H3,(H,24,27)(H,28,29)/t12-,15+,16+,17+/m1/s1. The predicted octanol–water partition coefficient (Wildman–Crippen LogP) is 2.66. The van der Waals surface area contributed by atoms with Crippen LogP contribution < -0.4 is 10.6 Å². The first kappa shape index (κ1) is 24.3. The van der Waals surface area contributed by atoms with E-state index < -0.39 is 39.8 Å². The van der Waals surface area contributed by atoms with Gasteiger partial charge in [0, 0.05) is 19.1 Å². The molecule has 1 aliphatic carbocycles. The Morgan fingerprint density at radius 1 is 1.19 bits per heavy atom. The second kappa shape index (κ2) is 9.26. The quantitative estimate of drug-likeness (QED) is 0.559. The minimum Gasteiger partial charge on any atom is -0.465 e. The van der Waals surface area contributed by atoms with Gasteiger partial charge in [0.15, 0.2) is 0 Å². The first-order chi connectivity index (χ1) is 14.9. The predicted molar refractivity (Wildman–Crippen MR) is 108 cm³/mol. The van der Waals surface area contributed by atoms with Gasteiger partial charge < -0.3 is 15.7 Å². The summed E-state index contributed by atoms with van der Waals surface area (Å²) in [6.07, 6.45) is -3.55. The van der Waals surface area contributed by atoms with E-state index in [0.717, 1.165) is 24.3 Å². The molecule has 32 heavy (non-hydrogen) atoms. The van der Waals surface area contributed by atoms with Gasteiger partial charge in [-0.15, -0.1) is 0 Å². The van der Waals surface area contributed by atoms with Crippen molar-refractivity contribution in [3.63, 3.8) is 0 Å². The van der Waals surface area contributed by atoms with Crippen LogP contribution in [-0.4, -0.2) is 55.0 Å². The summed E-state index contributed by atoms with van der Waals surface area (Å²) in [5, 5.41) is 14.0. The number of hydrogen-bond acceptors (Lipinski definition) is 4. The minimum atomic E-state index is -4.55. The molecule has 2 amide bonds. The van der Waals surface area contributed by atoms with E-state index in [9.17, 15) is 31.2 Å². The molecule has 1 aromatic carbocycles. The average molecular weight is 478 g/mol. The molecule has 178 valence electrons. The van der Waals surface area contributed by atoms with Crippen LogP contribution in [0.2, 0.25) is 0 Å². The zero-order valence-electron chi connectivity index (χ0n) is 17.4. The molecule has 0 radical (unpaired) electrons. The number of benzene rings is 1. The molecule has 1 aromatic rings. The van der Waals surface area contributed by atoms with E-state index in [1.807, 2.05) is 6.92 Å². The molecule has 8 nitrogen and oxygen atoms in total. The van der Waals surface area contributed by atoms with Crippen LogP contribution in [0.15, 0.2) is 29.2 Å². The molecule has 0 unspecified atom stereocenters. The van der Waals surface area contributed by atoms with E-state index >= 15 is 0 Å². The van der Waals surface area contributed by atoms with Crippen LogP contribution in [0.1, 0.15) is 38.2 Å². The molecule has 2 aliphatic rings. The van der Waals surface area contributed by atoms with E-state index in [0.29, 0.717) is 25.7 Å². The van der Waals surface area contributed by atoms with Crippen molar-refractivity contribution in [2.24, 2.45) is 11.8 Å². The molecule has 12 heteroatoms. The maximum Gasteiger partial charge on any atom is 0.416 e. The second-order valence-corrected chi connectivity index (χ2v) is 10.2. The third-order valence-electron chi connectivity index (χ3n) is 6.16. The Morgan fingerprint density at radius 2 is 1.84 bits per heavy atom. The lowest BCUT2D eigenvalue weighted by molar-refractivity contribution is -0.137. The monoisotopic (exact) mass is 477 g/mol. The normalized spacial score (nSPS) is 24.7. The lowest BCUT2D eigenvalue weighted by Crippen LogP contribution is -2.50. The third-order valence-corrected chi connectivity index (χ3v) is 8.01. The van der Waals surface area contributed by atoms with Crippen LogP contribution in [0.25, 0.3) is 0 Å². The van der Waals surface area contributed by atoms with Crippen molar-refractivity contribution in [3.8, 4) is 0 Å². The number of carboxylic acid groups (broad SMARTS) is 1. The van der Waals surface area contributed by atoms with Gasteiger partial charge in [0.1, 0.15) is 6.04 Å². The summed E-state index contributed by atoms with van der Waals surface area (Å²) in [6, 6.07) is 2.23. The molecule has 0 bridgehead atoms. The zero-order valence-corrected chi connectivity index (χ0v) is 18.2. The Labute approximate surface area is 184 Å². The molecule has 2 fully saturated rings. The van der Waals surface area contributed by atoms with E-state index in [4.69, 9.17) is 5.11 Å². The Morgan fingerprint density at radius 3 is 2.41 bits per heavy atom. The van der Waals surface area contributed by atoms with Gasteiger partial charge in [-0.1, -0.05) is 13.3 Å². The fourth-order valence-electron chi connectivity index (χ4n) is 4.55. The number of rotatable bonds is 7. The number of carbonyl (C=O) groups is 2. The molecular formula is C20H26F3N3O5S. The summed E-state index contributed by atoms with van der Waals surface area (Å²) in [5.41, 5.74) is -0.922. The molecule has 0 aromatic heterocycles. The lowest BCUT2D eigenvalue weighted by Gasteiger charge is -2.24. The molecule has 4 atom stereocenters. The molecule has 1 saturated heterocycles. The maximum absolute atomic E-state index is 13.0. The van der Waals surface area contributed by atoms with Gasteiger partial charge in [0.05, 0.1) is 10.5 Å². The summed E-state index contributed by atoms with van der Waals surface area (Å²) >= 11 is 0. The highest BCUT2D eigenvalue weighted by Crippen LogP contribution is 2.40. The molecule has 0 spiro atoms. The van der Waals surface area contributed by atoms with E-state index in [-0.39, 0.29) is 35.9 Å². The highest BCUT2D eigenvalue weighted by Gasteiger charge is 2.47. The Hall–Kier alpha value is -2.34. The van der Waals surface area contributed by atoms with Gasteiger partial charge in [-0.3, -0.25) is 4.79 Å². The molecule has 3 N–H and O–H groups in total. The topological polar surface area (TPSA) is 116 Å². The number of carbonyl (C=O) groups excluding carboxylic acids is 1. The van der Waals surface area contributed by atoms with Crippen molar-refractivity contribution in [3.05, 3.63) is 29.8 Å². The van der Waals surface area contributed by atoms with Crippen LogP contribution in [0, 0.1) is 11.8 Å². The number of amides is 2. The molecule has 3 rings (SSSR count). The van der Waals surface area contributed by atoms with Gasteiger partial charge in [0.25, 0.3) is 0 Å². The SMILES string of the molecule is CCC[C@H](NC(=O)O)C(=O)N[C@H]1CC[C@@H]2CN(S(=O)(=O)c3ccc(C(F)(F)F)cc3)C[C@@H]21.